The molecule has 0 bridgehead atoms. The highest BCUT2D eigenvalue weighted by molar-refractivity contribution is 5.89. The number of esters is 1. The Hall–Kier alpha value is -2.89. The number of ether oxygens (including phenoxy) is 1. The smallest absolute Gasteiger partial charge is 0.337 e. The topological polar surface area (TPSA) is 76.5 Å². The van der Waals surface area contributed by atoms with Crippen LogP contribution in [0.3, 0.4) is 0 Å². The minimum atomic E-state index is -0.393. The van der Waals surface area contributed by atoms with E-state index in [-0.39, 0.29) is 5.56 Å². The van der Waals surface area contributed by atoms with Crippen LogP contribution in [0.25, 0.3) is 16.8 Å². The number of H-pyrrole nitrogens is 1. The molecule has 2 heterocycles. The second-order valence-corrected chi connectivity index (χ2v) is 4.25. The Morgan fingerprint density at radius 1 is 1.23 bits per heavy atom. The Bertz CT molecular complexity index is 832. The van der Waals surface area contributed by atoms with E-state index in [0.717, 1.165) is 5.56 Å². The van der Waals surface area contributed by atoms with Gasteiger partial charge in [-0.1, -0.05) is 26.0 Å². The zero-order valence-corrected chi connectivity index (χ0v) is 12.7. The average Bonchev–Trinajstić information content (AvgIpc) is 3.05. The van der Waals surface area contributed by atoms with E-state index >= 15 is 0 Å². The van der Waals surface area contributed by atoms with Crippen LogP contribution in [0.2, 0.25) is 0 Å². The molecule has 2 aromatic heterocycles. The molecule has 0 aliphatic carbocycles. The molecule has 6 heteroatoms. The second-order valence-electron chi connectivity index (χ2n) is 4.25. The molecule has 0 radical (unpaired) electrons. The third-order valence-electron chi connectivity index (χ3n) is 3.03. The molecule has 3 rings (SSSR count). The highest BCUT2D eigenvalue weighted by atomic mass is 16.5. The monoisotopic (exact) mass is 299 g/mol. The lowest BCUT2D eigenvalue weighted by Gasteiger charge is -2.04. The van der Waals surface area contributed by atoms with Gasteiger partial charge in [-0.3, -0.25) is 9.20 Å². The minimum Gasteiger partial charge on any atom is -0.465 e. The largest absolute Gasteiger partial charge is 0.465 e. The molecular formula is C16H17N3O3. The molecule has 0 aliphatic rings. The summed E-state index contributed by atoms with van der Waals surface area (Å²) in [5.74, 6) is -0.393. The SMILES string of the molecule is CC.COC(=O)c1ccc(-c2cn3cncc3c(=O)[nH]2)cc1. The van der Waals surface area contributed by atoms with Gasteiger partial charge in [0, 0.05) is 6.20 Å². The van der Waals surface area contributed by atoms with Crippen LogP contribution in [0.4, 0.5) is 0 Å². The molecule has 0 aliphatic heterocycles. The van der Waals surface area contributed by atoms with Crippen molar-refractivity contribution in [2.45, 2.75) is 13.8 Å². The Balaban J connectivity index is 0.000000847. The summed E-state index contributed by atoms with van der Waals surface area (Å²) in [7, 11) is 1.33. The second kappa shape index (κ2) is 6.71. The maximum atomic E-state index is 11.9. The van der Waals surface area contributed by atoms with Gasteiger partial charge in [-0.05, 0) is 17.7 Å². The molecule has 1 N–H and O–H groups in total. The number of nitrogens with zero attached hydrogens (tertiary/aromatic N) is 2. The van der Waals surface area contributed by atoms with Gasteiger partial charge < -0.3 is 9.72 Å². The highest BCUT2D eigenvalue weighted by Gasteiger charge is 2.07. The van der Waals surface area contributed by atoms with Gasteiger partial charge in [0.25, 0.3) is 5.56 Å². The fourth-order valence-corrected chi connectivity index (χ4v) is 1.99. The van der Waals surface area contributed by atoms with Gasteiger partial charge in [-0.25, -0.2) is 9.78 Å². The first-order chi connectivity index (χ1) is 10.7. The van der Waals surface area contributed by atoms with Gasteiger partial charge >= 0.3 is 5.97 Å². The third-order valence-corrected chi connectivity index (χ3v) is 3.03. The number of rotatable bonds is 2. The van der Waals surface area contributed by atoms with Crippen LogP contribution in [0.15, 0.2) is 47.8 Å². The maximum Gasteiger partial charge on any atom is 0.337 e. The van der Waals surface area contributed by atoms with Crippen molar-refractivity contribution in [3.8, 4) is 11.3 Å². The Morgan fingerprint density at radius 2 is 1.91 bits per heavy atom. The Morgan fingerprint density at radius 3 is 2.55 bits per heavy atom. The fourth-order valence-electron chi connectivity index (χ4n) is 1.99. The molecule has 0 saturated carbocycles. The van der Waals surface area contributed by atoms with Crippen LogP contribution in [0.1, 0.15) is 24.2 Å². The van der Waals surface area contributed by atoms with Crippen molar-refractivity contribution in [1.29, 1.82) is 0 Å². The van der Waals surface area contributed by atoms with Crippen LogP contribution in [-0.4, -0.2) is 27.4 Å². The molecule has 0 amide bonds. The number of hydrogen-bond acceptors (Lipinski definition) is 4. The molecule has 0 unspecified atom stereocenters. The summed E-state index contributed by atoms with van der Waals surface area (Å²) < 4.78 is 6.29. The molecule has 0 fully saturated rings. The van der Waals surface area contributed by atoms with Crippen molar-refractivity contribution in [2.75, 3.05) is 7.11 Å². The quantitative estimate of drug-likeness (QED) is 0.738. The minimum absolute atomic E-state index is 0.211. The summed E-state index contributed by atoms with van der Waals surface area (Å²) in [6.45, 7) is 4.00. The average molecular weight is 299 g/mol. The standard InChI is InChI=1S/C14H11N3O3.C2H6/c1-20-14(19)10-4-2-9(3-5-10)11-7-17-8-15-6-12(17)13(18)16-11;1-2/h2-8H,1H3,(H,16,18);1-2H3. The van der Waals surface area contributed by atoms with E-state index in [0.29, 0.717) is 16.8 Å². The van der Waals surface area contributed by atoms with Crippen LogP contribution >= 0.6 is 0 Å². The number of benzene rings is 1. The summed E-state index contributed by atoms with van der Waals surface area (Å²) in [6.07, 6.45) is 4.84. The number of carbonyl (C=O) groups is 1. The van der Waals surface area contributed by atoms with Gasteiger partial charge in [0.1, 0.15) is 5.52 Å². The molecule has 0 atom stereocenters. The van der Waals surface area contributed by atoms with Crippen molar-refractivity contribution in [3.63, 3.8) is 0 Å². The van der Waals surface area contributed by atoms with Crippen LogP contribution in [0, 0.1) is 0 Å². The highest BCUT2D eigenvalue weighted by Crippen LogP contribution is 2.17. The van der Waals surface area contributed by atoms with Crippen molar-refractivity contribution in [3.05, 3.63) is 58.9 Å². The Labute approximate surface area is 127 Å². The number of nitrogens with one attached hydrogen (secondary N) is 1. The van der Waals surface area contributed by atoms with Crippen molar-refractivity contribution < 1.29 is 9.53 Å². The van der Waals surface area contributed by atoms with Crippen LogP contribution in [0.5, 0.6) is 0 Å². The summed E-state index contributed by atoms with van der Waals surface area (Å²) in [5, 5.41) is 0. The van der Waals surface area contributed by atoms with Crippen LogP contribution in [-0.2, 0) is 4.74 Å². The molecule has 3 aromatic rings. The molecular weight excluding hydrogens is 282 g/mol. The lowest BCUT2D eigenvalue weighted by Crippen LogP contribution is -2.10. The number of methoxy groups -OCH3 is 1. The maximum absolute atomic E-state index is 11.9. The number of fused-ring (bicyclic) bond motifs is 1. The number of aromatic nitrogens is 3. The summed E-state index contributed by atoms with van der Waals surface area (Å²) in [6, 6.07) is 6.80. The number of hydrogen-bond donors (Lipinski definition) is 1. The summed E-state index contributed by atoms with van der Waals surface area (Å²) in [4.78, 5) is 29.9. The zero-order valence-electron chi connectivity index (χ0n) is 12.7. The molecule has 6 nitrogen and oxygen atoms in total. The van der Waals surface area contributed by atoms with Crippen molar-refractivity contribution in [1.82, 2.24) is 14.4 Å². The fraction of sp³-hybridized carbons (Fsp3) is 0.188. The zero-order chi connectivity index (χ0) is 16.1. The predicted octanol–water partition coefficient (Wildman–Crippen LogP) is 2.50. The van der Waals surface area contributed by atoms with E-state index in [1.165, 1.54) is 13.3 Å². The lowest BCUT2D eigenvalue weighted by molar-refractivity contribution is 0.0601. The van der Waals surface area contributed by atoms with E-state index in [1.807, 2.05) is 13.8 Å². The molecule has 0 saturated heterocycles. The molecule has 0 spiro atoms. The molecule has 22 heavy (non-hydrogen) atoms. The number of carbonyl (C=O) groups excluding carboxylic acids is 1. The summed E-state index contributed by atoms with van der Waals surface area (Å²) >= 11 is 0. The lowest BCUT2D eigenvalue weighted by atomic mass is 10.1. The van der Waals surface area contributed by atoms with Gasteiger partial charge in [0.2, 0.25) is 0 Å². The first kappa shape index (κ1) is 15.5. The van der Waals surface area contributed by atoms with Crippen LogP contribution < -0.4 is 5.56 Å². The normalized spacial score (nSPS) is 9.95. The van der Waals surface area contributed by atoms with E-state index in [2.05, 4.69) is 14.7 Å². The van der Waals surface area contributed by atoms with Gasteiger partial charge in [0.05, 0.1) is 30.9 Å². The van der Waals surface area contributed by atoms with E-state index in [9.17, 15) is 9.59 Å². The predicted molar refractivity (Wildman–Crippen MR) is 83.9 cm³/mol. The number of imidazole rings is 1. The third kappa shape index (κ3) is 2.90. The molecule has 114 valence electrons. The molecule has 1 aromatic carbocycles. The van der Waals surface area contributed by atoms with E-state index < -0.39 is 5.97 Å². The van der Waals surface area contributed by atoms with Crippen molar-refractivity contribution in [2.24, 2.45) is 0 Å². The van der Waals surface area contributed by atoms with Crippen molar-refractivity contribution >= 4 is 11.5 Å². The van der Waals surface area contributed by atoms with Gasteiger partial charge in [-0.2, -0.15) is 0 Å². The first-order valence-electron chi connectivity index (χ1n) is 6.93. The number of aromatic amines is 1. The van der Waals surface area contributed by atoms with Gasteiger partial charge in [0.15, 0.2) is 0 Å². The van der Waals surface area contributed by atoms with Gasteiger partial charge in [-0.15, -0.1) is 0 Å². The first-order valence-corrected chi connectivity index (χ1v) is 6.93. The Kier molecular flexibility index (Phi) is 4.73. The summed E-state index contributed by atoms with van der Waals surface area (Å²) in [5.41, 5.74) is 2.18. The van der Waals surface area contributed by atoms with E-state index in [4.69, 9.17) is 0 Å². The van der Waals surface area contributed by atoms with E-state index in [1.54, 1.807) is 41.2 Å².